The van der Waals surface area contributed by atoms with Gasteiger partial charge < -0.3 is 10.6 Å². The van der Waals surface area contributed by atoms with Gasteiger partial charge in [0.2, 0.25) is 5.91 Å². The summed E-state index contributed by atoms with van der Waals surface area (Å²) in [4.78, 5) is 22.3. The highest BCUT2D eigenvalue weighted by atomic mass is 16.6. The lowest BCUT2D eigenvalue weighted by molar-refractivity contribution is -0.383. The Balaban J connectivity index is 1.96. The quantitative estimate of drug-likeness (QED) is 0.642. The van der Waals surface area contributed by atoms with Crippen LogP contribution in [0.4, 0.5) is 11.4 Å². The molecule has 1 saturated heterocycles. The summed E-state index contributed by atoms with van der Waals surface area (Å²) in [5, 5.41) is 16.7. The smallest absolute Gasteiger partial charge is 0.292 e. The fourth-order valence-electron chi connectivity index (χ4n) is 2.29. The molecule has 2 N–H and O–H groups in total. The lowest BCUT2D eigenvalue weighted by atomic mass is 9.94. The zero-order chi connectivity index (χ0) is 13.7. The van der Waals surface area contributed by atoms with E-state index in [4.69, 9.17) is 0 Å². The Morgan fingerprint density at radius 2 is 2.05 bits per heavy atom. The van der Waals surface area contributed by atoms with Crippen molar-refractivity contribution in [1.29, 1.82) is 0 Å². The monoisotopic (exact) mass is 263 g/mol. The van der Waals surface area contributed by atoms with Crippen LogP contribution in [0.25, 0.3) is 0 Å². The Bertz CT molecular complexity index is 470. The number of nitro groups is 1. The van der Waals surface area contributed by atoms with Crippen molar-refractivity contribution in [3.05, 3.63) is 34.4 Å². The number of carbonyl (C=O) groups excluding carboxylic acids is 1. The van der Waals surface area contributed by atoms with Crippen LogP contribution in [0, 0.1) is 16.0 Å². The molecule has 0 atom stereocenters. The molecular weight excluding hydrogens is 246 g/mol. The summed E-state index contributed by atoms with van der Waals surface area (Å²) in [6, 6.07) is 6.20. The van der Waals surface area contributed by atoms with Gasteiger partial charge in [-0.2, -0.15) is 0 Å². The molecule has 1 fully saturated rings. The third-order valence-electron chi connectivity index (χ3n) is 3.31. The first-order chi connectivity index (χ1) is 9.16. The zero-order valence-corrected chi connectivity index (χ0v) is 10.6. The van der Waals surface area contributed by atoms with Crippen LogP contribution in [0.1, 0.15) is 19.3 Å². The van der Waals surface area contributed by atoms with E-state index < -0.39 is 4.92 Å². The second-order valence-electron chi connectivity index (χ2n) is 4.72. The minimum Gasteiger partial charge on any atom is -0.320 e. The van der Waals surface area contributed by atoms with Crippen molar-refractivity contribution >= 4 is 17.3 Å². The van der Waals surface area contributed by atoms with Crippen LogP contribution >= 0.6 is 0 Å². The summed E-state index contributed by atoms with van der Waals surface area (Å²) >= 11 is 0. The number of rotatable bonds is 4. The van der Waals surface area contributed by atoms with Crippen molar-refractivity contribution in [3.8, 4) is 0 Å². The molecule has 1 heterocycles. The molecule has 6 nitrogen and oxygen atoms in total. The van der Waals surface area contributed by atoms with E-state index >= 15 is 0 Å². The van der Waals surface area contributed by atoms with Crippen molar-refractivity contribution in [2.75, 3.05) is 18.4 Å². The van der Waals surface area contributed by atoms with Crippen LogP contribution in [0.5, 0.6) is 0 Å². The Kier molecular flexibility index (Phi) is 4.46. The fraction of sp³-hybridized carbons (Fsp3) is 0.462. The maximum absolute atomic E-state index is 11.9. The van der Waals surface area contributed by atoms with Crippen LogP contribution in [0.3, 0.4) is 0 Å². The molecule has 0 aromatic heterocycles. The molecule has 0 saturated carbocycles. The van der Waals surface area contributed by atoms with Gasteiger partial charge >= 0.3 is 0 Å². The number of nitrogens with zero attached hydrogens (tertiary/aromatic N) is 1. The van der Waals surface area contributed by atoms with Crippen molar-refractivity contribution < 1.29 is 9.72 Å². The summed E-state index contributed by atoms with van der Waals surface area (Å²) in [5.74, 6) is 0.213. The first-order valence-corrected chi connectivity index (χ1v) is 6.41. The lowest BCUT2D eigenvalue weighted by Gasteiger charge is -2.21. The number of benzene rings is 1. The average Bonchev–Trinajstić information content (AvgIpc) is 2.40. The lowest BCUT2D eigenvalue weighted by Crippen LogP contribution is -2.30. The van der Waals surface area contributed by atoms with E-state index in [1.165, 1.54) is 6.07 Å². The third kappa shape index (κ3) is 3.75. The van der Waals surface area contributed by atoms with Crippen molar-refractivity contribution in [2.45, 2.75) is 19.3 Å². The molecule has 6 heteroatoms. The predicted octanol–water partition coefficient (Wildman–Crippen LogP) is 1.92. The number of nitro benzene ring substituents is 1. The molecular formula is C13H17N3O3. The Labute approximate surface area is 111 Å². The van der Waals surface area contributed by atoms with Crippen LogP contribution in [0.15, 0.2) is 24.3 Å². The zero-order valence-electron chi connectivity index (χ0n) is 10.6. The molecule has 0 spiro atoms. The molecule has 0 radical (unpaired) electrons. The number of amides is 1. The number of anilines is 1. The van der Waals surface area contributed by atoms with Gasteiger partial charge in [0, 0.05) is 12.5 Å². The number of piperidine rings is 1. The molecule has 1 aliphatic heterocycles. The van der Waals surface area contributed by atoms with E-state index in [0.717, 1.165) is 25.9 Å². The average molecular weight is 263 g/mol. The first-order valence-electron chi connectivity index (χ1n) is 6.41. The number of carbonyl (C=O) groups is 1. The maximum Gasteiger partial charge on any atom is 0.292 e. The number of hydrogen-bond acceptors (Lipinski definition) is 4. The Morgan fingerprint density at radius 1 is 1.37 bits per heavy atom. The molecule has 0 unspecified atom stereocenters. The summed E-state index contributed by atoms with van der Waals surface area (Å²) in [5.41, 5.74) is 0.201. The number of nitrogens with one attached hydrogen (secondary N) is 2. The maximum atomic E-state index is 11.9. The Hall–Kier alpha value is -1.95. The molecule has 0 aliphatic carbocycles. The summed E-state index contributed by atoms with van der Waals surface area (Å²) < 4.78 is 0. The van der Waals surface area contributed by atoms with Crippen molar-refractivity contribution in [3.63, 3.8) is 0 Å². The Morgan fingerprint density at radius 3 is 2.74 bits per heavy atom. The molecule has 1 amide bonds. The molecule has 19 heavy (non-hydrogen) atoms. The molecule has 1 aromatic carbocycles. The van der Waals surface area contributed by atoms with Gasteiger partial charge in [-0.05, 0) is 37.9 Å². The highest BCUT2D eigenvalue weighted by Gasteiger charge is 2.19. The third-order valence-corrected chi connectivity index (χ3v) is 3.31. The van der Waals surface area contributed by atoms with Gasteiger partial charge in [0.25, 0.3) is 5.69 Å². The fourth-order valence-corrected chi connectivity index (χ4v) is 2.29. The second kappa shape index (κ2) is 6.29. The standard InChI is InChI=1S/C13H17N3O3/c17-13(9-10-5-7-14-8-6-10)15-11-3-1-2-4-12(11)16(18)19/h1-4,10,14H,5-9H2,(H,15,17). The molecule has 102 valence electrons. The van der Waals surface area contributed by atoms with Crippen LogP contribution in [0.2, 0.25) is 0 Å². The van der Waals surface area contributed by atoms with Gasteiger partial charge in [-0.15, -0.1) is 0 Å². The van der Waals surface area contributed by atoms with E-state index in [2.05, 4.69) is 10.6 Å². The van der Waals surface area contributed by atoms with Crippen LogP contribution < -0.4 is 10.6 Å². The molecule has 1 aromatic rings. The number of para-hydroxylation sites is 2. The van der Waals surface area contributed by atoms with E-state index in [9.17, 15) is 14.9 Å². The van der Waals surface area contributed by atoms with Gasteiger partial charge in [0.1, 0.15) is 5.69 Å². The summed E-state index contributed by atoms with van der Waals surface area (Å²) in [6.45, 7) is 1.87. The summed E-state index contributed by atoms with van der Waals surface area (Å²) in [7, 11) is 0. The minimum absolute atomic E-state index is 0.0684. The minimum atomic E-state index is -0.486. The van der Waals surface area contributed by atoms with Gasteiger partial charge in [0.05, 0.1) is 4.92 Å². The van der Waals surface area contributed by atoms with Gasteiger partial charge in [0.15, 0.2) is 0 Å². The second-order valence-corrected chi connectivity index (χ2v) is 4.72. The van der Waals surface area contributed by atoms with E-state index in [1.807, 2.05) is 0 Å². The molecule has 2 rings (SSSR count). The van der Waals surface area contributed by atoms with Gasteiger partial charge in [-0.1, -0.05) is 12.1 Å². The SMILES string of the molecule is O=C(CC1CCNCC1)Nc1ccccc1[N+](=O)[O-]. The highest BCUT2D eigenvalue weighted by Crippen LogP contribution is 2.24. The molecule has 0 bridgehead atoms. The van der Waals surface area contributed by atoms with Crippen LogP contribution in [-0.4, -0.2) is 23.9 Å². The van der Waals surface area contributed by atoms with Crippen LogP contribution in [-0.2, 0) is 4.79 Å². The van der Waals surface area contributed by atoms with Gasteiger partial charge in [-0.3, -0.25) is 14.9 Å². The number of hydrogen-bond donors (Lipinski definition) is 2. The first kappa shape index (κ1) is 13.5. The van der Waals surface area contributed by atoms with Gasteiger partial charge in [-0.25, -0.2) is 0 Å². The predicted molar refractivity (Wildman–Crippen MR) is 71.9 cm³/mol. The van der Waals surface area contributed by atoms with Crippen molar-refractivity contribution in [1.82, 2.24) is 5.32 Å². The van der Waals surface area contributed by atoms with Crippen molar-refractivity contribution in [2.24, 2.45) is 5.92 Å². The highest BCUT2D eigenvalue weighted by molar-refractivity contribution is 5.93. The van der Waals surface area contributed by atoms with E-state index in [1.54, 1.807) is 18.2 Å². The normalized spacial score (nSPS) is 16.0. The van der Waals surface area contributed by atoms with E-state index in [0.29, 0.717) is 12.3 Å². The summed E-state index contributed by atoms with van der Waals surface area (Å²) in [6.07, 6.45) is 2.38. The topological polar surface area (TPSA) is 84.3 Å². The largest absolute Gasteiger partial charge is 0.320 e. The van der Waals surface area contributed by atoms with E-state index in [-0.39, 0.29) is 17.3 Å². The molecule has 1 aliphatic rings.